The van der Waals surface area contributed by atoms with Crippen molar-refractivity contribution in [2.75, 3.05) is 26.2 Å². The lowest BCUT2D eigenvalue weighted by atomic mass is 9.73. The molecule has 2 amide bonds. The van der Waals surface area contributed by atoms with Gasteiger partial charge in [0.15, 0.2) is 0 Å². The fourth-order valence-electron chi connectivity index (χ4n) is 6.02. The molecule has 5 fully saturated rings. The number of carbonyl (C=O) groups excluding carboxylic acids is 2. The van der Waals surface area contributed by atoms with Crippen molar-refractivity contribution < 1.29 is 14.3 Å². The Kier molecular flexibility index (Phi) is 5.23. The van der Waals surface area contributed by atoms with Crippen molar-refractivity contribution in [1.82, 2.24) is 20.2 Å². The first-order valence-corrected chi connectivity index (χ1v) is 11.8. The van der Waals surface area contributed by atoms with Gasteiger partial charge in [-0.2, -0.15) is 0 Å². The Morgan fingerprint density at radius 2 is 1.79 bits per heavy atom. The van der Waals surface area contributed by atoms with Crippen LogP contribution in [0, 0.1) is 17.8 Å². The van der Waals surface area contributed by atoms with Crippen molar-refractivity contribution in [3.8, 4) is 0 Å². The fraction of sp³-hybridized carbons (Fsp3) is 0.909. The first kappa shape index (κ1) is 19.6. The Bertz CT molecular complexity index is 650. The van der Waals surface area contributed by atoms with Gasteiger partial charge in [-0.3, -0.25) is 10.2 Å². The molecular weight excluding hydrogens is 368 g/mol. The van der Waals surface area contributed by atoms with Crippen LogP contribution in [0.25, 0.3) is 0 Å². The van der Waals surface area contributed by atoms with Crippen LogP contribution in [0.1, 0.15) is 58.8 Å². The standard InChI is InChI=1S/C22H36N4O3/c1-3-29-22(28)24-12-14(2)26(21(27)15-4-5-15)19-9-6-16(10-20(19)24)17-11-23-25(13-17)18-7-8-18/h14-20,23H,3-13H2,1-2H3/t14-,16?,17?,19?,20?/m0/s1. The van der Waals surface area contributed by atoms with Crippen LogP contribution < -0.4 is 5.43 Å². The summed E-state index contributed by atoms with van der Waals surface area (Å²) in [5.41, 5.74) is 3.61. The molecule has 162 valence electrons. The van der Waals surface area contributed by atoms with E-state index in [0.717, 1.165) is 51.2 Å². The van der Waals surface area contributed by atoms with Crippen LogP contribution in [0.15, 0.2) is 0 Å². The minimum Gasteiger partial charge on any atom is -0.450 e. The minimum absolute atomic E-state index is 0.0730. The van der Waals surface area contributed by atoms with E-state index in [-0.39, 0.29) is 30.1 Å². The van der Waals surface area contributed by atoms with E-state index in [1.807, 2.05) is 11.8 Å². The zero-order valence-electron chi connectivity index (χ0n) is 17.9. The van der Waals surface area contributed by atoms with E-state index >= 15 is 0 Å². The average molecular weight is 405 g/mol. The van der Waals surface area contributed by atoms with Gasteiger partial charge in [0.1, 0.15) is 0 Å². The molecule has 0 bridgehead atoms. The molecule has 2 saturated heterocycles. The zero-order valence-corrected chi connectivity index (χ0v) is 17.9. The van der Waals surface area contributed by atoms with Gasteiger partial charge in [-0.25, -0.2) is 9.80 Å². The third kappa shape index (κ3) is 3.76. The Labute approximate surface area is 174 Å². The van der Waals surface area contributed by atoms with Crippen molar-refractivity contribution in [1.29, 1.82) is 0 Å². The number of carbonyl (C=O) groups is 2. The summed E-state index contributed by atoms with van der Waals surface area (Å²) < 4.78 is 5.41. The third-order valence-electron chi connectivity index (χ3n) is 7.84. The van der Waals surface area contributed by atoms with Crippen LogP contribution in [0.5, 0.6) is 0 Å². The molecular formula is C22H36N4O3. The molecule has 4 unspecified atom stereocenters. The molecule has 0 aromatic carbocycles. The van der Waals surface area contributed by atoms with Crippen molar-refractivity contribution in [3.05, 3.63) is 0 Å². The predicted octanol–water partition coefficient (Wildman–Crippen LogP) is 2.22. The molecule has 5 rings (SSSR count). The number of ether oxygens (including phenoxy) is 1. The topological polar surface area (TPSA) is 65.1 Å². The number of piperazine rings is 1. The normalized spacial score (nSPS) is 38.1. The second-order valence-corrected chi connectivity index (χ2v) is 9.93. The Morgan fingerprint density at radius 1 is 1.00 bits per heavy atom. The molecule has 5 atom stereocenters. The van der Waals surface area contributed by atoms with Crippen molar-refractivity contribution in [2.45, 2.75) is 83.0 Å². The molecule has 29 heavy (non-hydrogen) atoms. The Hall–Kier alpha value is -1.34. The second-order valence-electron chi connectivity index (χ2n) is 9.93. The molecule has 0 radical (unpaired) electrons. The summed E-state index contributed by atoms with van der Waals surface area (Å²) in [5.74, 6) is 1.82. The van der Waals surface area contributed by atoms with Gasteiger partial charge in [-0.05, 0) is 70.6 Å². The summed E-state index contributed by atoms with van der Waals surface area (Å²) >= 11 is 0. The number of amides is 2. The van der Waals surface area contributed by atoms with E-state index in [0.29, 0.717) is 30.9 Å². The lowest BCUT2D eigenvalue weighted by Gasteiger charge is -2.54. The van der Waals surface area contributed by atoms with Gasteiger partial charge >= 0.3 is 6.09 Å². The van der Waals surface area contributed by atoms with Crippen LogP contribution in [0.2, 0.25) is 0 Å². The van der Waals surface area contributed by atoms with E-state index in [4.69, 9.17) is 4.74 Å². The van der Waals surface area contributed by atoms with Gasteiger partial charge in [-0.15, -0.1) is 0 Å². The van der Waals surface area contributed by atoms with Gasteiger partial charge in [0.25, 0.3) is 0 Å². The van der Waals surface area contributed by atoms with Gasteiger partial charge in [0, 0.05) is 37.6 Å². The number of fused-ring (bicyclic) bond motifs is 1. The van der Waals surface area contributed by atoms with E-state index in [1.165, 1.54) is 12.8 Å². The molecule has 0 aromatic rings. The molecule has 2 aliphatic heterocycles. The molecule has 3 saturated carbocycles. The third-order valence-corrected chi connectivity index (χ3v) is 7.84. The van der Waals surface area contributed by atoms with Crippen LogP contribution in [-0.2, 0) is 9.53 Å². The van der Waals surface area contributed by atoms with Crippen molar-refractivity contribution in [2.24, 2.45) is 17.8 Å². The molecule has 0 aromatic heterocycles. The molecule has 5 aliphatic rings. The minimum atomic E-state index is -0.197. The lowest BCUT2D eigenvalue weighted by molar-refractivity contribution is -0.146. The maximum absolute atomic E-state index is 13.1. The van der Waals surface area contributed by atoms with E-state index in [1.54, 1.807) is 0 Å². The smallest absolute Gasteiger partial charge is 0.410 e. The second kappa shape index (κ2) is 7.73. The predicted molar refractivity (Wildman–Crippen MR) is 109 cm³/mol. The summed E-state index contributed by atoms with van der Waals surface area (Å²) in [6.45, 7) is 7.15. The highest BCUT2D eigenvalue weighted by Gasteiger charge is 2.51. The van der Waals surface area contributed by atoms with Gasteiger partial charge in [-0.1, -0.05) is 0 Å². The number of hydrazine groups is 1. The van der Waals surface area contributed by atoms with Crippen molar-refractivity contribution >= 4 is 12.0 Å². The highest BCUT2D eigenvalue weighted by atomic mass is 16.6. The average Bonchev–Trinajstić information content (AvgIpc) is 3.65. The molecule has 1 N–H and O–H groups in total. The summed E-state index contributed by atoms with van der Waals surface area (Å²) in [5, 5.41) is 2.45. The van der Waals surface area contributed by atoms with E-state index < -0.39 is 0 Å². The molecule has 2 heterocycles. The van der Waals surface area contributed by atoms with E-state index in [2.05, 4.69) is 22.3 Å². The van der Waals surface area contributed by atoms with Crippen LogP contribution >= 0.6 is 0 Å². The van der Waals surface area contributed by atoms with Crippen LogP contribution in [0.3, 0.4) is 0 Å². The van der Waals surface area contributed by atoms with E-state index in [9.17, 15) is 9.59 Å². The van der Waals surface area contributed by atoms with Crippen LogP contribution in [-0.4, -0.2) is 77.2 Å². The first-order valence-electron chi connectivity index (χ1n) is 11.8. The summed E-state index contributed by atoms with van der Waals surface area (Å²) in [4.78, 5) is 30.0. The van der Waals surface area contributed by atoms with Gasteiger partial charge < -0.3 is 14.5 Å². The number of nitrogens with zero attached hydrogens (tertiary/aromatic N) is 3. The number of rotatable bonds is 4. The number of nitrogens with one attached hydrogen (secondary N) is 1. The highest BCUT2D eigenvalue weighted by molar-refractivity contribution is 5.82. The quantitative estimate of drug-likeness (QED) is 0.778. The van der Waals surface area contributed by atoms with Crippen molar-refractivity contribution in [3.63, 3.8) is 0 Å². The highest BCUT2D eigenvalue weighted by Crippen LogP contribution is 2.42. The number of hydrogen-bond acceptors (Lipinski definition) is 5. The molecule has 7 heteroatoms. The Morgan fingerprint density at radius 3 is 2.48 bits per heavy atom. The SMILES string of the molecule is CCOC(=O)N1C[C@H](C)N(C(=O)C2CC2)C2CCC(C3CNN(C4CC4)C3)CC21. The molecule has 3 aliphatic carbocycles. The lowest BCUT2D eigenvalue weighted by Crippen LogP contribution is -2.67. The van der Waals surface area contributed by atoms with Crippen LogP contribution in [0.4, 0.5) is 4.79 Å². The van der Waals surface area contributed by atoms with Gasteiger partial charge in [0.05, 0.1) is 18.7 Å². The largest absolute Gasteiger partial charge is 0.450 e. The summed E-state index contributed by atoms with van der Waals surface area (Å²) in [7, 11) is 0. The zero-order chi connectivity index (χ0) is 20.1. The molecule has 0 spiro atoms. The maximum atomic E-state index is 13.1. The molecule has 7 nitrogen and oxygen atoms in total. The monoisotopic (exact) mass is 404 g/mol. The Balaban J connectivity index is 1.33. The first-order chi connectivity index (χ1) is 14.1. The summed E-state index contributed by atoms with van der Waals surface area (Å²) in [6, 6.07) is 1.07. The fourth-order valence-corrected chi connectivity index (χ4v) is 6.02. The maximum Gasteiger partial charge on any atom is 0.410 e. The summed E-state index contributed by atoms with van der Waals surface area (Å²) in [6.07, 6.45) is 7.68. The van der Waals surface area contributed by atoms with Gasteiger partial charge in [0.2, 0.25) is 5.91 Å². The number of hydrogen-bond donors (Lipinski definition) is 1.